The molecule has 1 aromatic carbocycles. The van der Waals surface area contributed by atoms with Crippen LogP contribution >= 0.6 is 0 Å². The minimum atomic E-state index is -0.724. The van der Waals surface area contributed by atoms with E-state index < -0.39 is 18.2 Å². The van der Waals surface area contributed by atoms with Crippen LogP contribution in [0.1, 0.15) is 70.8 Å². The third kappa shape index (κ3) is 5.67. The highest BCUT2D eigenvalue weighted by Crippen LogP contribution is 2.49. The van der Waals surface area contributed by atoms with Crippen molar-refractivity contribution in [3.63, 3.8) is 0 Å². The summed E-state index contributed by atoms with van der Waals surface area (Å²) >= 11 is 0. The Kier molecular flexibility index (Phi) is 8.06. The second-order valence-corrected chi connectivity index (χ2v) is 11.1. The lowest BCUT2D eigenvalue weighted by Crippen LogP contribution is -2.48. The van der Waals surface area contributed by atoms with Gasteiger partial charge in [0.05, 0.1) is 19.8 Å². The predicted octanol–water partition coefficient (Wildman–Crippen LogP) is 3.96. The zero-order valence-electron chi connectivity index (χ0n) is 21.6. The average molecular weight is 488 g/mol. The molecule has 1 saturated heterocycles. The van der Waals surface area contributed by atoms with Crippen LogP contribution in [0.2, 0.25) is 0 Å². The van der Waals surface area contributed by atoms with Gasteiger partial charge in [-0.15, -0.1) is 0 Å². The Morgan fingerprint density at radius 2 is 1.97 bits per heavy atom. The van der Waals surface area contributed by atoms with Crippen LogP contribution in [0.3, 0.4) is 0 Å². The van der Waals surface area contributed by atoms with Crippen molar-refractivity contribution in [1.29, 1.82) is 0 Å². The van der Waals surface area contributed by atoms with Crippen molar-refractivity contribution in [3.8, 4) is 11.5 Å². The van der Waals surface area contributed by atoms with Crippen LogP contribution in [0.25, 0.3) is 0 Å². The highest BCUT2D eigenvalue weighted by atomic mass is 16.5. The number of ether oxygens (including phenoxy) is 3. The molecule has 0 aromatic heterocycles. The number of carbonyl (C=O) groups excluding carboxylic acids is 2. The summed E-state index contributed by atoms with van der Waals surface area (Å²) in [5, 5.41) is 10.9. The number of nitrogens with zero attached hydrogens (tertiary/aromatic N) is 1. The summed E-state index contributed by atoms with van der Waals surface area (Å²) in [5.74, 6) is 1.76. The number of rotatable bonds is 10. The summed E-state index contributed by atoms with van der Waals surface area (Å²) in [4.78, 5) is 25.9. The number of likely N-dealkylation sites (tertiary alicyclic amines) is 1. The second-order valence-electron chi connectivity index (χ2n) is 11.1. The monoisotopic (exact) mass is 487 g/mol. The van der Waals surface area contributed by atoms with Crippen molar-refractivity contribution in [2.75, 3.05) is 26.8 Å². The molecule has 0 amide bonds. The number of esters is 1. The standard InChI is InChI=1S/C28H41NO6/c1-18(31)28(3)17-29(24-8-6-5-7-22(24)27(15-30)35-19(2)32)14-23(28)21-11-12-25(33-4)26(13-21)34-16-20-9-10-20/h11-13,15,18,20,22-24,27,31H,5-10,14,16-17H2,1-4H3/t18-,22?,23+,24?,27?,28+/m1/s1. The molecular weight excluding hydrogens is 446 g/mol. The smallest absolute Gasteiger partial charge is 0.303 e. The zero-order valence-corrected chi connectivity index (χ0v) is 21.6. The Bertz CT molecular complexity index is 899. The number of aliphatic hydroxyl groups excluding tert-OH is 1. The van der Waals surface area contributed by atoms with Crippen molar-refractivity contribution >= 4 is 12.3 Å². The van der Waals surface area contributed by atoms with Gasteiger partial charge >= 0.3 is 5.97 Å². The predicted molar refractivity (Wildman–Crippen MR) is 133 cm³/mol. The fraction of sp³-hybridized carbons (Fsp3) is 0.714. The molecular formula is C28H41NO6. The van der Waals surface area contributed by atoms with E-state index in [1.165, 1.54) is 19.8 Å². The summed E-state index contributed by atoms with van der Waals surface area (Å²) in [6, 6.07) is 6.27. The summed E-state index contributed by atoms with van der Waals surface area (Å²) in [6.07, 6.45) is 5.91. The van der Waals surface area contributed by atoms with Crippen molar-refractivity contribution in [3.05, 3.63) is 23.8 Å². The minimum absolute atomic E-state index is 0.0320. The van der Waals surface area contributed by atoms with E-state index in [0.29, 0.717) is 19.1 Å². The SMILES string of the molecule is COc1ccc([C@@H]2CN(C3CCCCC3C(C=O)OC(C)=O)C[C@@]2(C)[C@@H](C)O)cc1OCC1CC1. The molecule has 7 heteroatoms. The lowest BCUT2D eigenvalue weighted by atomic mass is 9.72. The zero-order chi connectivity index (χ0) is 25.2. The number of aldehydes is 1. The van der Waals surface area contributed by atoms with E-state index in [0.717, 1.165) is 55.6 Å². The third-order valence-electron chi connectivity index (χ3n) is 8.58. The highest BCUT2D eigenvalue weighted by molar-refractivity contribution is 5.70. The summed E-state index contributed by atoms with van der Waals surface area (Å²) < 4.78 is 17.1. The van der Waals surface area contributed by atoms with E-state index in [9.17, 15) is 14.7 Å². The molecule has 1 aliphatic heterocycles. The fourth-order valence-electron chi connectivity index (χ4n) is 6.12. The molecule has 3 aliphatic rings. The molecule has 0 spiro atoms. The molecule has 2 aliphatic carbocycles. The van der Waals surface area contributed by atoms with E-state index in [2.05, 4.69) is 24.0 Å². The number of hydrogen-bond donors (Lipinski definition) is 1. The van der Waals surface area contributed by atoms with Crippen LogP contribution in [0.5, 0.6) is 11.5 Å². The van der Waals surface area contributed by atoms with Crippen molar-refractivity contribution in [2.45, 2.75) is 83.5 Å². The number of aliphatic hydroxyl groups is 1. The van der Waals surface area contributed by atoms with Gasteiger partial charge in [0.15, 0.2) is 23.9 Å². The van der Waals surface area contributed by atoms with Gasteiger partial charge < -0.3 is 19.3 Å². The van der Waals surface area contributed by atoms with Gasteiger partial charge in [0.25, 0.3) is 0 Å². The van der Waals surface area contributed by atoms with Crippen LogP contribution in [-0.4, -0.2) is 67.3 Å². The van der Waals surface area contributed by atoms with Gasteiger partial charge in [0.2, 0.25) is 0 Å². The molecule has 0 radical (unpaired) electrons. The van der Waals surface area contributed by atoms with Crippen LogP contribution in [-0.2, 0) is 14.3 Å². The number of hydrogen-bond acceptors (Lipinski definition) is 7. The maximum Gasteiger partial charge on any atom is 0.303 e. The van der Waals surface area contributed by atoms with Crippen molar-refractivity contribution in [1.82, 2.24) is 4.90 Å². The van der Waals surface area contributed by atoms with Crippen molar-refractivity contribution in [2.24, 2.45) is 17.3 Å². The molecule has 1 N–H and O–H groups in total. The first-order valence-corrected chi connectivity index (χ1v) is 13.1. The molecule has 35 heavy (non-hydrogen) atoms. The van der Waals surface area contributed by atoms with Gasteiger partial charge in [-0.25, -0.2) is 0 Å². The molecule has 0 bridgehead atoms. The fourth-order valence-corrected chi connectivity index (χ4v) is 6.12. The van der Waals surface area contributed by atoms with E-state index in [-0.39, 0.29) is 23.3 Å². The molecule has 6 atom stereocenters. The first-order chi connectivity index (χ1) is 16.8. The normalized spacial score (nSPS) is 30.9. The van der Waals surface area contributed by atoms with Gasteiger partial charge in [0.1, 0.15) is 0 Å². The highest BCUT2D eigenvalue weighted by Gasteiger charge is 2.50. The molecule has 194 valence electrons. The van der Waals surface area contributed by atoms with E-state index in [1.807, 2.05) is 13.0 Å². The Hall–Kier alpha value is -2.12. The Labute approximate surface area is 209 Å². The summed E-state index contributed by atoms with van der Waals surface area (Å²) in [5.41, 5.74) is 0.754. The molecule has 1 heterocycles. The van der Waals surface area contributed by atoms with Crippen molar-refractivity contribution < 1.29 is 28.9 Å². The quantitative estimate of drug-likeness (QED) is 0.395. The summed E-state index contributed by atoms with van der Waals surface area (Å²) in [7, 11) is 1.66. The maximum absolute atomic E-state index is 11.9. The Morgan fingerprint density at radius 3 is 2.60 bits per heavy atom. The van der Waals surface area contributed by atoms with E-state index in [1.54, 1.807) is 7.11 Å². The van der Waals surface area contributed by atoms with Crippen LogP contribution in [0.4, 0.5) is 0 Å². The molecule has 3 fully saturated rings. The Morgan fingerprint density at radius 1 is 1.23 bits per heavy atom. The van der Waals surface area contributed by atoms with Gasteiger partial charge in [-0.1, -0.05) is 25.8 Å². The first-order valence-electron chi connectivity index (χ1n) is 13.1. The van der Waals surface area contributed by atoms with E-state index in [4.69, 9.17) is 14.2 Å². The molecule has 2 saturated carbocycles. The number of benzene rings is 1. The largest absolute Gasteiger partial charge is 0.493 e. The molecule has 3 unspecified atom stereocenters. The van der Waals surface area contributed by atoms with Gasteiger partial charge in [-0.3, -0.25) is 14.5 Å². The van der Waals surface area contributed by atoms with Crippen LogP contribution in [0.15, 0.2) is 18.2 Å². The first kappa shape index (κ1) is 26.0. The average Bonchev–Trinajstić information content (AvgIpc) is 3.61. The van der Waals surface area contributed by atoms with Crippen LogP contribution < -0.4 is 9.47 Å². The topological polar surface area (TPSA) is 85.3 Å². The van der Waals surface area contributed by atoms with Gasteiger partial charge in [0, 0.05) is 43.3 Å². The molecule has 7 nitrogen and oxygen atoms in total. The summed E-state index contributed by atoms with van der Waals surface area (Å²) in [6.45, 7) is 7.57. The minimum Gasteiger partial charge on any atom is -0.493 e. The second kappa shape index (κ2) is 10.9. The van der Waals surface area contributed by atoms with Gasteiger partial charge in [-0.05, 0) is 56.2 Å². The maximum atomic E-state index is 11.9. The molecule has 4 rings (SSSR count). The van der Waals surface area contributed by atoms with Crippen LogP contribution in [0, 0.1) is 17.3 Å². The van der Waals surface area contributed by atoms with Gasteiger partial charge in [-0.2, -0.15) is 0 Å². The number of methoxy groups -OCH3 is 1. The third-order valence-corrected chi connectivity index (χ3v) is 8.58. The molecule has 1 aromatic rings. The lowest BCUT2D eigenvalue weighted by Gasteiger charge is -2.40. The van der Waals surface area contributed by atoms with E-state index >= 15 is 0 Å². The lowest BCUT2D eigenvalue weighted by molar-refractivity contribution is -0.154. The Balaban J connectivity index is 1.60. The number of carbonyl (C=O) groups is 2.